The summed E-state index contributed by atoms with van der Waals surface area (Å²) in [6.45, 7) is 5.34. The number of aromatic nitrogens is 2. The Balaban J connectivity index is 1.59. The number of hydrogen-bond acceptors (Lipinski definition) is 7. The monoisotopic (exact) mass is 464 g/mol. The summed E-state index contributed by atoms with van der Waals surface area (Å²) < 4.78 is 18.2. The van der Waals surface area contributed by atoms with Crippen molar-refractivity contribution in [1.29, 1.82) is 0 Å². The van der Waals surface area contributed by atoms with E-state index in [0.29, 0.717) is 16.7 Å². The third-order valence-electron chi connectivity index (χ3n) is 5.54. The molecule has 3 aromatic rings. The summed E-state index contributed by atoms with van der Waals surface area (Å²) in [6.07, 6.45) is -1.77. The van der Waals surface area contributed by atoms with Crippen molar-refractivity contribution in [2.75, 3.05) is 0 Å². The predicted octanol–water partition coefficient (Wildman–Crippen LogP) is 2.79. The molecule has 0 spiro atoms. The van der Waals surface area contributed by atoms with E-state index in [1.807, 2.05) is 13.8 Å². The number of hydrogen-bond donors (Lipinski definition) is 1. The first-order chi connectivity index (χ1) is 16.2. The number of nitrogens with one attached hydrogen (secondary N) is 1. The molecule has 9 heteroatoms. The largest absolute Gasteiger partial charge is 0.452 e. The van der Waals surface area contributed by atoms with Gasteiger partial charge in [-0.3, -0.25) is 14.3 Å². The summed E-state index contributed by atoms with van der Waals surface area (Å²) >= 11 is 0. The Morgan fingerprint density at radius 3 is 1.97 bits per heavy atom. The molecule has 176 valence electrons. The molecule has 9 nitrogen and oxygen atoms in total. The van der Waals surface area contributed by atoms with E-state index in [1.165, 1.54) is 10.8 Å². The number of rotatable bonds is 5. The SMILES string of the molecule is Cc1ccc(C(=O)OC2CC(n3cc(C)c(=O)[nH]c3=O)OC2OC(=O)c2ccc(C)cc2)cc1. The summed E-state index contributed by atoms with van der Waals surface area (Å²) in [7, 11) is 0. The van der Waals surface area contributed by atoms with Crippen molar-refractivity contribution in [2.24, 2.45) is 0 Å². The molecule has 4 rings (SSSR count). The number of aromatic amines is 1. The van der Waals surface area contributed by atoms with Crippen molar-refractivity contribution in [3.05, 3.63) is 103 Å². The van der Waals surface area contributed by atoms with Gasteiger partial charge >= 0.3 is 17.6 Å². The minimum absolute atomic E-state index is 0.0365. The highest BCUT2D eigenvalue weighted by molar-refractivity contribution is 5.90. The molecule has 0 bridgehead atoms. The van der Waals surface area contributed by atoms with E-state index >= 15 is 0 Å². The fraction of sp³-hybridized carbons (Fsp3) is 0.280. The van der Waals surface area contributed by atoms with Crippen LogP contribution in [0.4, 0.5) is 0 Å². The first kappa shape index (κ1) is 23.2. The molecule has 1 aliphatic heterocycles. The number of nitrogens with zero attached hydrogens (tertiary/aromatic N) is 1. The third-order valence-corrected chi connectivity index (χ3v) is 5.54. The molecule has 0 radical (unpaired) electrons. The molecule has 0 amide bonds. The summed E-state index contributed by atoms with van der Waals surface area (Å²) in [5.74, 6) is -1.28. The second-order valence-electron chi connectivity index (χ2n) is 8.25. The van der Waals surface area contributed by atoms with Crippen LogP contribution in [0.15, 0.2) is 64.3 Å². The molecule has 2 heterocycles. The Kier molecular flexibility index (Phi) is 6.47. The Morgan fingerprint density at radius 1 is 0.882 bits per heavy atom. The molecule has 1 aromatic heterocycles. The first-order valence-corrected chi connectivity index (χ1v) is 10.7. The van der Waals surface area contributed by atoms with Gasteiger partial charge in [0.2, 0.25) is 6.29 Å². The highest BCUT2D eigenvalue weighted by Crippen LogP contribution is 2.32. The normalized spacial score (nSPS) is 19.6. The lowest BCUT2D eigenvalue weighted by molar-refractivity contribution is -0.149. The van der Waals surface area contributed by atoms with Crippen LogP contribution in [0.1, 0.15) is 50.1 Å². The Morgan fingerprint density at radius 2 is 1.41 bits per heavy atom. The van der Waals surface area contributed by atoms with Crippen LogP contribution in [0, 0.1) is 20.8 Å². The number of carbonyl (C=O) groups is 2. The average Bonchev–Trinajstić information content (AvgIpc) is 3.18. The van der Waals surface area contributed by atoms with Crippen molar-refractivity contribution in [1.82, 2.24) is 9.55 Å². The van der Waals surface area contributed by atoms with E-state index < -0.39 is 41.8 Å². The lowest BCUT2D eigenvalue weighted by atomic mass is 10.1. The first-order valence-electron chi connectivity index (χ1n) is 10.7. The van der Waals surface area contributed by atoms with Crippen molar-refractivity contribution >= 4 is 11.9 Å². The van der Waals surface area contributed by atoms with Crippen LogP contribution in [-0.2, 0) is 14.2 Å². The number of benzene rings is 2. The van der Waals surface area contributed by atoms with Crippen molar-refractivity contribution in [3.63, 3.8) is 0 Å². The summed E-state index contributed by atoms with van der Waals surface area (Å²) in [5, 5.41) is 0. The maximum atomic E-state index is 12.7. The van der Waals surface area contributed by atoms with Crippen molar-refractivity contribution in [3.8, 4) is 0 Å². The van der Waals surface area contributed by atoms with Crippen LogP contribution in [0.5, 0.6) is 0 Å². The predicted molar refractivity (Wildman–Crippen MR) is 122 cm³/mol. The van der Waals surface area contributed by atoms with Gasteiger partial charge in [0.1, 0.15) is 6.23 Å². The van der Waals surface area contributed by atoms with Gasteiger partial charge < -0.3 is 14.2 Å². The molecule has 1 N–H and O–H groups in total. The molecule has 2 aromatic carbocycles. The van der Waals surface area contributed by atoms with Gasteiger partial charge in [0.05, 0.1) is 11.1 Å². The van der Waals surface area contributed by atoms with E-state index in [0.717, 1.165) is 11.1 Å². The van der Waals surface area contributed by atoms with Gasteiger partial charge in [-0.05, 0) is 45.0 Å². The molecule has 1 fully saturated rings. The van der Waals surface area contributed by atoms with Crippen LogP contribution >= 0.6 is 0 Å². The zero-order chi connectivity index (χ0) is 24.4. The van der Waals surface area contributed by atoms with E-state index in [-0.39, 0.29) is 6.42 Å². The quantitative estimate of drug-likeness (QED) is 0.577. The van der Waals surface area contributed by atoms with Gasteiger partial charge in [-0.2, -0.15) is 0 Å². The molecule has 0 aliphatic carbocycles. The lowest BCUT2D eigenvalue weighted by Gasteiger charge is -2.19. The number of ether oxygens (including phenoxy) is 3. The molecule has 34 heavy (non-hydrogen) atoms. The van der Waals surface area contributed by atoms with Crippen LogP contribution in [0.3, 0.4) is 0 Å². The molecular weight excluding hydrogens is 440 g/mol. The summed E-state index contributed by atoms with van der Waals surface area (Å²) in [4.78, 5) is 51.7. The highest BCUT2D eigenvalue weighted by atomic mass is 16.7. The van der Waals surface area contributed by atoms with Gasteiger partial charge in [-0.25, -0.2) is 14.4 Å². The summed E-state index contributed by atoms with van der Waals surface area (Å²) in [5.41, 5.74) is 1.70. The molecular formula is C25H24N2O7. The Hall–Kier alpha value is -3.98. The zero-order valence-corrected chi connectivity index (χ0v) is 18.9. The standard InChI is InChI=1S/C25H24N2O7/c1-14-4-8-17(9-5-14)22(29)32-19-12-20(27-13-16(3)21(28)26-25(27)31)33-24(19)34-23(30)18-10-6-15(2)7-11-18/h4-11,13,19-20,24H,12H2,1-3H3,(H,26,28,31). The Bertz CT molecular complexity index is 1260. The summed E-state index contributed by atoms with van der Waals surface area (Å²) in [6, 6.07) is 13.6. The molecule has 3 atom stereocenters. The van der Waals surface area contributed by atoms with Crippen molar-refractivity contribution < 1.29 is 23.8 Å². The van der Waals surface area contributed by atoms with E-state index in [1.54, 1.807) is 55.5 Å². The van der Waals surface area contributed by atoms with Gasteiger partial charge in [0, 0.05) is 18.2 Å². The fourth-order valence-corrected chi connectivity index (χ4v) is 3.55. The van der Waals surface area contributed by atoms with E-state index in [2.05, 4.69) is 4.98 Å². The van der Waals surface area contributed by atoms with E-state index in [9.17, 15) is 19.2 Å². The van der Waals surface area contributed by atoms with Gasteiger partial charge in [0.25, 0.3) is 5.56 Å². The van der Waals surface area contributed by atoms with Gasteiger partial charge in [-0.1, -0.05) is 35.4 Å². The minimum Gasteiger partial charge on any atom is -0.452 e. The molecule has 1 saturated heterocycles. The zero-order valence-electron chi connectivity index (χ0n) is 18.9. The molecule has 1 aliphatic rings. The minimum atomic E-state index is -1.26. The highest BCUT2D eigenvalue weighted by Gasteiger charge is 2.42. The second kappa shape index (κ2) is 9.48. The van der Waals surface area contributed by atoms with Crippen molar-refractivity contribution in [2.45, 2.75) is 45.8 Å². The number of H-pyrrole nitrogens is 1. The van der Waals surface area contributed by atoms with Gasteiger partial charge in [-0.15, -0.1) is 0 Å². The number of carbonyl (C=O) groups excluding carboxylic acids is 2. The van der Waals surface area contributed by atoms with Crippen LogP contribution < -0.4 is 11.2 Å². The fourth-order valence-electron chi connectivity index (χ4n) is 3.55. The number of aryl methyl sites for hydroxylation is 3. The number of esters is 2. The average molecular weight is 464 g/mol. The van der Waals surface area contributed by atoms with Crippen LogP contribution in [0.2, 0.25) is 0 Å². The van der Waals surface area contributed by atoms with E-state index in [4.69, 9.17) is 14.2 Å². The third kappa shape index (κ3) is 4.99. The van der Waals surface area contributed by atoms with Gasteiger partial charge in [0.15, 0.2) is 6.10 Å². The topological polar surface area (TPSA) is 117 Å². The maximum Gasteiger partial charge on any atom is 0.340 e. The second-order valence-corrected chi connectivity index (χ2v) is 8.25. The maximum absolute atomic E-state index is 12.7. The smallest absolute Gasteiger partial charge is 0.340 e. The lowest BCUT2D eigenvalue weighted by Crippen LogP contribution is -2.33. The van der Waals surface area contributed by atoms with Crippen LogP contribution in [-0.4, -0.2) is 33.9 Å². The molecule has 0 saturated carbocycles. The van der Waals surface area contributed by atoms with Crippen LogP contribution in [0.25, 0.3) is 0 Å². The molecule has 3 unspecified atom stereocenters. The Labute approximate surface area is 194 Å².